The molecule has 0 radical (unpaired) electrons. The minimum Gasteiger partial charge on any atom is -0.478 e. The van der Waals surface area contributed by atoms with Crippen LogP contribution in [0, 0.1) is 0 Å². The first-order valence-corrected chi connectivity index (χ1v) is 6.20. The first-order chi connectivity index (χ1) is 8.60. The van der Waals surface area contributed by atoms with Crippen molar-refractivity contribution in [3.63, 3.8) is 0 Å². The second-order valence-electron chi connectivity index (χ2n) is 3.58. The maximum absolute atomic E-state index is 11.3. The van der Waals surface area contributed by atoms with Crippen molar-refractivity contribution in [1.29, 1.82) is 0 Å². The molecule has 2 aromatic rings. The molecule has 1 N–H and O–H groups in total. The van der Waals surface area contributed by atoms with Crippen LogP contribution >= 0.6 is 11.3 Å². The average Bonchev–Trinajstić information content (AvgIpc) is 2.69. The van der Waals surface area contributed by atoms with E-state index in [-0.39, 0.29) is 18.0 Å². The van der Waals surface area contributed by atoms with Crippen molar-refractivity contribution in [3.8, 4) is 0 Å². The smallest absolute Gasteiger partial charge is 0.335 e. The number of fused-ring (bicyclic) bond motifs is 1. The molecule has 0 unspecified atom stereocenters. The summed E-state index contributed by atoms with van der Waals surface area (Å²) in [5.41, 5.74) is 0.915. The number of ether oxygens (including phenoxy) is 1. The fourth-order valence-electron chi connectivity index (χ4n) is 1.52. The molecule has 1 heterocycles. The largest absolute Gasteiger partial charge is 0.478 e. The zero-order chi connectivity index (χ0) is 13.1. The summed E-state index contributed by atoms with van der Waals surface area (Å²) in [5.74, 6) is -1.30. The molecule has 1 aromatic carbocycles. The number of carbonyl (C=O) groups excluding carboxylic acids is 1. The van der Waals surface area contributed by atoms with Crippen LogP contribution in [-0.2, 0) is 16.0 Å². The second-order valence-corrected chi connectivity index (χ2v) is 4.69. The summed E-state index contributed by atoms with van der Waals surface area (Å²) in [6.45, 7) is 2.09. The molecule has 0 aliphatic rings. The minimum absolute atomic E-state index is 0.121. The summed E-state index contributed by atoms with van der Waals surface area (Å²) in [4.78, 5) is 26.4. The topological polar surface area (TPSA) is 76.5 Å². The number of nitrogens with zero attached hydrogens (tertiary/aromatic N) is 1. The van der Waals surface area contributed by atoms with Crippen LogP contribution in [0.2, 0.25) is 0 Å². The first kappa shape index (κ1) is 12.5. The molecule has 1 aromatic heterocycles. The van der Waals surface area contributed by atoms with Crippen LogP contribution in [0.25, 0.3) is 10.2 Å². The van der Waals surface area contributed by atoms with Gasteiger partial charge in [0.1, 0.15) is 5.01 Å². The van der Waals surface area contributed by atoms with Gasteiger partial charge in [-0.2, -0.15) is 0 Å². The molecule has 2 rings (SSSR count). The van der Waals surface area contributed by atoms with Gasteiger partial charge in [-0.15, -0.1) is 11.3 Å². The van der Waals surface area contributed by atoms with E-state index in [0.717, 1.165) is 4.70 Å². The van der Waals surface area contributed by atoms with Gasteiger partial charge in [0.15, 0.2) is 0 Å². The van der Waals surface area contributed by atoms with Crippen molar-refractivity contribution in [2.45, 2.75) is 13.3 Å². The summed E-state index contributed by atoms with van der Waals surface area (Å²) < 4.78 is 5.60. The van der Waals surface area contributed by atoms with Crippen LogP contribution in [0.15, 0.2) is 18.2 Å². The molecule has 0 atom stereocenters. The Morgan fingerprint density at radius 1 is 1.44 bits per heavy atom. The Balaban J connectivity index is 2.27. The average molecular weight is 265 g/mol. The molecule has 5 nitrogen and oxygen atoms in total. The van der Waals surface area contributed by atoms with Crippen LogP contribution in [0.5, 0.6) is 0 Å². The molecule has 0 spiro atoms. The Bertz CT molecular complexity index is 605. The Morgan fingerprint density at radius 2 is 2.22 bits per heavy atom. The molecular formula is C12H11NO4S. The molecule has 0 aliphatic heterocycles. The number of aromatic carboxylic acids is 1. The Hall–Kier alpha value is -1.95. The van der Waals surface area contributed by atoms with Gasteiger partial charge in [0.2, 0.25) is 0 Å². The van der Waals surface area contributed by atoms with E-state index < -0.39 is 5.97 Å². The number of carboxylic acids is 1. The molecular weight excluding hydrogens is 254 g/mol. The second kappa shape index (κ2) is 5.14. The number of carbonyl (C=O) groups is 2. The van der Waals surface area contributed by atoms with E-state index in [0.29, 0.717) is 17.1 Å². The molecule has 18 heavy (non-hydrogen) atoms. The van der Waals surface area contributed by atoms with Gasteiger partial charge in [0, 0.05) is 0 Å². The molecule has 0 amide bonds. The molecule has 0 aliphatic carbocycles. The molecule has 0 fully saturated rings. The standard InChI is InChI=1S/C12H11NO4S/c1-2-17-11(14)6-10-13-8-4-3-7(12(15)16)5-9(8)18-10/h3-5H,2,6H2,1H3,(H,15,16). The zero-order valence-corrected chi connectivity index (χ0v) is 10.5. The van der Waals surface area contributed by atoms with Gasteiger partial charge >= 0.3 is 11.9 Å². The highest BCUT2D eigenvalue weighted by Crippen LogP contribution is 2.23. The van der Waals surface area contributed by atoms with Gasteiger partial charge < -0.3 is 9.84 Å². The summed E-state index contributed by atoms with van der Waals surface area (Å²) in [6, 6.07) is 4.70. The van der Waals surface area contributed by atoms with E-state index in [9.17, 15) is 9.59 Å². The van der Waals surface area contributed by atoms with Crippen LogP contribution < -0.4 is 0 Å². The van der Waals surface area contributed by atoms with Crippen molar-refractivity contribution in [1.82, 2.24) is 4.98 Å². The Labute approximate surface area is 107 Å². The summed E-state index contributed by atoms with van der Waals surface area (Å²) in [6.07, 6.45) is 0.121. The van der Waals surface area contributed by atoms with Crippen LogP contribution in [0.3, 0.4) is 0 Å². The normalized spacial score (nSPS) is 10.5. The van der Waals surface area contributed by atoms with Gasteiger partial charge in [0.05, 0.1) is 28.8 Å². The Kier molecular flexibility index (Phi) is 3.57. The maximum Gasteiger partial charge on any atom is 0.335 e. The molecule has 0 saturated carbocycles. The third kappa shape index (κ3) is 2.65. The highest BCUT2D eigenvalue weighted by atomic mass is 32.1. The van der Waals surface area contributed by atoms with E-state index in [4.69, 9.17) is 9.84 Å². The highest BCUT2D eigenvalue weighted by molar-refractivity contribution is 7.18. The molecule has 0 saturated heterocycles. The predicted molar refractivity (Wildman–Crippen MR) is 66.9 cm³/mol. The molecule has 6 heteroatoms. The van der Waals surface area contributed by atoms with Gasteiger partial charge in [-0.1, -0.05) is 0 Å². The quantitative estimate of drug-likeness (QED) is 0.857. The lowest BCUT2D eigenvalue weighted by Crippen LogP contribution is -2.06. The van der Waals surface area contributed by atoms with Crippen molar-refractivity contribution in [2.24, 2.45) is 0 Å². The number of carboxylic acid groups (broad SMARTS) is 1. The van der Waals surface area contributed by atoms with Crippen LogP contribution in [0.1, 0.15) is 22.3 Å². The SMILES string of the molecule is CCOC(=O)Cc1nc2ccc(C(=O)O)cc2s1. The van der Waals surface area contributed by atoms with Crippen molar-refractivity contribution < 1.29 is 19.4 Å². The predicted octanol–water partition coefficient (Wildman–Crippen LogP) is 2.10. The maximum atomic E-state index is 11.3. The first-order valence-electron chi connectivity index (χ1n) is 5.38. The summed E-state index contributed by atoms with van der Waals surface area (Å²) >= 11 is 1.31. The summed E-state index contributed by atoms with van der Waals surface area (Å²) in [7, 11) is 0. The van der Waals surface area contributed by atoms with Crippen molar-refractivity contribution >= 4 is 33.5 Å². The van der Waals surface area contributed by atoms with E-state index in [1.165, 1.54) is 17.4 Å². The van der Waals surface area contributed by atoms with Crippen LogP contribution in [0.4, 0.5) is 0 Å². The van der Waals surface area contributed by atoms with Gasteiger partial charge in [-0.3, -0.25) is 4.79 Å². The van der Waals surface area contributed by atoms with E-state index in [1.807, 2.05) is 0 Å². The van der Waals surface area contributed by atoms with E-state index >= 15 is 0 Å². The van der Waals surface area contributed by atoms with E-state index in [2.05, 4.69) is 4.98 Å². The van der Waals surface area contributed by atoms with Crippen LogP contribution in [-0.4, -0.2) is 28.6 Å². The lowest BCUT2D eigenvalue weighted by atomic mass is 10.2. The van der Waals surface area contributed by atoms with Gasteiger partial charge in [0.25, 0.3) is 0 Å². The Morgan fingerprint density at radius 3 is 2.89 bits per heavy atom. The number of hydrogen-bond donors (Lipinski definition) is 1. The third-order valence-electron chi connectivity index (χ3n) is 2.28. The molecule has 0 bridgehead atoms. The number of benzene rings is 1. The lowest BCUT2D eigenvalue weighted by Gasteiger charge is -1.97. The minimum atomic E-state index is -0.975. The number of aromatic nitrogens is 1. The zero-order valence-electron chi connectivity index (χ0n) is 9.67. The van der Waals surface area contributed by atoms with Gasteiger partial charge in [-0.05, 0) is 25.1 Å². The highest BCUT2D eigenvalue weighted by Gasteiger charge is 2.11. The number of hydrogen-bond acceptors (Lipinski definition) is 5. The summed E-state index contributed by atoms with van der Waals surface area (Å²) in [5, 5.41) is 9.51. The monoisotopic (exact) mass is 265 g/mol. The fraction of sp³-hybridized carbons (Fsp3) is 0.250. The molecule has 94 valence electrons. The van der Waals surface area contributed by atoms with Crippen molar-refractivity contribution in [3.05, 3.63) is 28.8 Å². The number of esters is 1. The van der Waals surface area contributed by atoms with Gasteiger partial charge in [-0.25, -0.2) is 9.78 Å². The number of rotatable bonds is 4. The lowest BCUT2D eigenvalue weighted by molar-refractivity contribution is -0.142. The van der Waals surface area contributed by atoms with Crippen molar-refractivity contribution in [2.75, 3.05) is 6.61 Å². The van der Waals surface area contributed by atoms with E-state index in [1.54, 1.807) is 19.1 Å². The number of thiazole rings is 1. The fourth-order valence-corrected chi connectivity index (χ4v) is 2.51. The third-order valence-corrected chi connectivity index (χ3v) is 3.30.